The summed E-state index contributed by atoms with van der Waals surface area (Å²) in [5, 5.41) is 6.36. The Balaban J connectivity index is 2.25. The zero-order valence-electron chi connectivity index (χ0n) is 11.0. The van der Waals surface area contributed by atoms with Gasteiger partial charge in [-0.2, -0.15) is 0 Å². The van der Waals surface area contributed by atoms with Gasteiger partial charge in [-0.25, -0.2) is 5.32 Å². The molecule has 6 nitrogen and oxygen atoms in total. The van der Waals surface area contributed by atoms with Crippen molar-refractivity contribution in [2.24, 2.45) is 0 Å². The van der Waals surface area contributed by atoms with Gasteiger partial charge in [-0.15, -0.1) is 0 Å². The van der Waals surface area contributed by atoms with E-state index in [9.17, 15) is 9.59 Å². The molecule has 2 atom stereocenters. The largest absolute Gasteiger partial charge is 0.496 e. The molecular weight excluding hydrogens is 248 g/mol. The predicted molar refractivity (Wildman–Crippen MR) is 67.4 cm³/mol. The Labute approximate surface area is 111 Å². The zero-order valence-corrected chi connectivity index (χ0v) is 11.0. The van der Waals surface area contributed by atoms with E-state index in [2.05, 4.69) is 10.6 Å². The van der Waals surface area contributed by atoms with Gasteiger partial charge >= 0.3 is 0 Å². The second kappa shape index (κ2) is 5.17. The van der Waals surface area contributed by atoms with E-state index in [1.54, 1.807) is 25.1 Å². The van der Waals surface area contributed by atoms with Gasteiger partial charge in [0.1, 0.15) is 23.1 Å². The summed E-state index contributed by atoms with van der Waals surface area (Å²) in [5.41, 5.74) is 0.277. The summed E-state index contributed by atoms with van der Waals surface area (Å²) in [6.07, 6.45) is 0. The van der Waals surface area contributed by atoms with E-state index in [-0.39, 0.29) is 17.5 Å². The van der Waals surface area contributed by atoms with Crippen molar-refractivity contribution in [2.45, 2.75) is 19.0 Å². The lowest BCUT2D eigenvalue weighted by atomic mass is 10.0. The number of hydrogen-bond acceptors (Lipinski definition) is 4. The van der Waals surface area contributed by atoms with Gasteiger partial charge in [0.15, 0.2) is 0 Å². The average molecular weight is 263 g/mol. The number of benzene rings is 1. The molecule has 1 aromatic carbocycles. The molecule has 1 saturated heterocycles. The molecule has 1 aliphatic heterocycles. The maximum atomic E-state index is 12.2. The van der Waals surface area contributed by atoms with Gasteiger partial charge in [-0.1, -0.05) is 6.07 Å². The lowest BCUT2D eigenvalue weighted by molar-refractivity contribution is -0.131. The maximum absolute atomic E-state index is 12.2. The number of β-lactam (4-membered cyclic amide) rings is 1. The molecule has 0 saturated carbocycles. The first kappa shape index (κ1) is 13.2. The molecule has 1 radical (unpaired) electrons. The van der Waals surface area contributed by atoms with E-state index in [0.717, 1.165) is 0 Å². The summed E-state index contributed by atoms with van der Waals surface area (Å²) in [5.74, 6) is 0.0746. The molecule has 1 unspecified atom stereocenters. The van der Waals surface area contributed by atoms with Crippen molar-refractivity contribution < 1.29 is 19.1 Å². The molecule has 0 spiro atoms. The van der Waals surface area contributed by atoms with Crippen LogP contribution in [0.4, 0.5) is 0 Å². The maximum Gasteiger partial charge on any atom is 0.266 e. The normalized spacial score (nSPS) is 21.1. The molecule has 19 heavy (non-hydrogen) atoms. The van der Waals surface area contributed by atoms with Crippen LogP contribution in [0.5, 0.6) is 11.5 Å². The van der Waals surface area contributed by atoms with Gasteiger partial charge in [0.25, 0.3) is 11.8 Å². The van der Waals surface area contributed by atoms with E-state index in [4.69, 9.17) is 9.47 Å². The van der Waals surface area contributed by atoms with Crippen LogP contribution >= 0.6 is 0 Å². The van der Waals surface area contributed by atoms with Crippen molar-refractivity contribution >= 4 is 11.8 Å². The molecule has 1 N–H and O–H groups in total. The van der Waals surface area contributed by atoms with E-state index >= 15 is 0 Å². The number of ether oxygens (including phenoxy) is 2. The average Bonchev–Trinajstić information content (AvgIpc) is 2.43. The molecule has 1 aliphatic rings. The fraction of sp³-hybridized carbons (Fsp3) is 0.385. The topological polar surface area (TPSA) is 78.7 Å². The van der Waals surface area contributed by atoms with Crippen LogP contribution in [0.3, 0.4) is 0 Å². The zero-order chi connectivity index (χ0) is 14.0. The summed E-state index contributed by atoms with van der Waals surface area (Å²) in [6.45, 7) is 1.77. The van der Waals surface area contributed by atoms with Crippen LogP contribution < -0.4 is 20.1 Å². The highest BCUT2D eigenvalue weighted by atomic mass is 16.5. The van der Waals surface area contributed by atoms with Gasteiger partial charge in [-0.05, 0) is 19.1 Å². The van der Waals surface area contributed by atoms with E-state index in [1.807, 2.05) is 0 Å². The summed E-state index contributed by atoms with van der Waals surface area (Å²) >= 11 is 0. The van der Waals surface area contributed by atoms with Crippen molar-refractivity contribution in [3.63, 3.8) is 0 Å². The van der Waals surface area contributed by atoms with Gasteiger partial charge in [0, 0.05) is 0 Å². The summed E-state index contributed by atoms with van der Waals surface area (Å²) < 4.78 is 10.3. The molecule has 1 fully saturated rings. The van der Waals surface area contributed by atoms with Crippen molar-refractivity contribution in [2.75, 3.05) is 14.2 Å². The first-order chi connectivity index (χ1) is 9.08. The Morgan fingerprint density at radius 1 is 1.26 bits per heavy atom. The Bertz CT molecular complexity index is 493. The van der Waals surface area contributed by atoms with E-state index < -0.39 is 11.9 Å². The number of carbonyl (C=O) groups excluding carboxylic acids is 2. The smallest absolute Gasteiger partial charge is 0.266 e. The number of carbonyl (C=O) groups is 2. The van der Waals surface area contributed by atoms with Crippen LogP contribution in [0.1, 0.15) is 17.3 Å². The third-order valence-electron chi connectivity index (χ3n) is 3.02. The van der Waals surface area contributed by atoms with Crippen LogP contribution in [0.15, 0.2) is 18.2 Å². The van der Waals surface area contributed by atoms with Gasteiger partial charge < -0.3 is 14.8 Å². The third kappa shape index (κ3) is 2.33. The minimum atomic E-state index is -0.567. The van der Waals surface area contributed by atoms with Gasteiger partial charge in [0.2, 0.25) is 0 Å². The van der Waals surface area contributed by atoms with Crippen molar-refractivity contribution in [3.8, 4) is 11.5 Å². The van der Waals surface area contributed by atoms with Crippen molar-refractivity contribution in [3.05, 3.63) is 23.8 Å². The monoisotopic (exact) mass is 263 g/mol. The molecule has 6 heteroatoms. The molecule has 2 amide bonds. The molecule has 1 heterocycles. The Morgan fingerprint density at radius 3 is 2.26 bits per heavy atom. The number of rotatable bonds is 4. The summed E-state index contributed by atoms with van der Waals surface area (Å²) in [6, 6.07) is 4.28. The number of nitrogens with one attached hydrogen (secondary N) is 1. The molecule has 101 valence electrons. The fourth-order valence-electron chi connectivity index (χ4n) is 1.95. The second-order valence-corrected chi connectivity index (χ2v) is 4.20. The molecule has 2 rings (SSSR count). The summed E-state index contributed by atoms with van der Waals surface area (Å²) in [4.78, 5) is 23.5. The van der Waals surface area contributed by atoms with Crippen LogP contribution in [0.25, 0.3) is 0 Å². The minimum absolute atomic E-state index is 0.197. The Morgan fingerprint density at radius 2 is 1.84 bits per heavy atom. The fourth-order valence-corrected chi connectivity index (χ4v) is 1.95. The van der Waals surface area contributed by atoms with E-state index in [1.165, 1.54) is 14.2 Å². The SMILES string of the molecule is COc1cccc(OC)c1C(=O)N[C@@H]1C(=O)[N]C1C. The van der Waals surface area contributed by atoms with Crippen molar-refractivity contribution in [1.82, 2.24) is 10.6 Å². The molecule has 0 aromatic heterocycles. The molecular formula is C13H15N2O4. The number of methoxy groups -OCH3 is 2. The first-order valence-corrected chi connectivity index (χ1v) is 5.85. The third-order valence-corrected chi connectivity index (χ3v) is 3.02. The standard InChI is InChI=1S/C13H15N2O4/c1-7-11(13(17)14-7)15-12(16)10-8(18-2)5-4-6-9(10)19-3/h4-7,11H,1-3H3,(H,15,16)/t7?,11-/m0/s1. The first-order valence-electron chi connectivity index (χ1n) is 5.85. The summed E-state index contributed by atoms with van der Waals surface area (Å²) in [7, 11) is 2.94. The van der Waals surface area contributed by atoms with E-state index in [0.29, 0.717) is 11.5 Å². The quantitative estimate of drug-likeness (QED) is 0.794. The van der Waals surface area contributed by atoms with Crippen LogP contribution in [0, 0.1) is 0 Å². The second-order valence-electron chi connectivity index (χ2n) is 4.20. The number of hydrogen-bond donors (Lipinski definition) is 1. The predicted octanol–water partition coefficient (Wildman–Crippen LogP) is 0.335. The highest BCUT2D eigenvalue weighted by Crippen LogP contribution is 2.28. The van der Waals surface area contributed by atoms with Gasteiger partial charge in [-0.3, -0.25) is 9.59 Å². The number of amides is 2. The molecule has 0 bridgehead atoms. The van der Waals surface area contributed by atoms with Gasteiger partial charge in [0.05, 0.1) is 20.3 Å². The highest BCUT2D eigenvalue weighted by molar-refractivity contribution is 6.03. The molecule has 1 aromatic rings. The molecule has 0 aliphatic carbocycles. The number of nitrogens with zero attached hydrogens (tertiary/aromatic N) is 1. The lowest BCUT2D eigenvalue weighted by Gasteiger charge is -2.31. The Hall–Kier alpha value is -2.24. The van der Waals surface area contributed by atoms with Crippen LogP contribution in [-0.2, 0) is 4.79 Å². The lowest BCUT2D eigenvalue weighted by Crippen LogP contribution is -2.63. The minimum Gasteiger partial charge on any atom is -0.496 e. The van der Waals surface area contributed by atoms with Crippen LogP contribution in [-0.4, -0.2) is 38.1 Å². The Kier molecular flexibility index (Phi) is 3.59. The van der Waals surface area contributed by atoms with Crippen molar-refractivity contribution in [1.29, 1.82) is 0 Å². The van der Waals surface area contributed by atoms with Crippen LogP contribution in [0.2, 0.25) is 0 Å². The highest BCUT2D eigenvalue weighted by Gasteiger charge is 2.40.